The maximum Gasteiger partial charge on any atom is 0.416 e. The van der Waals surface area contributed by atoms with E-state index in [1.54, 1.807) is 0 Å². The minimum absolute atomic E-state index is 0.0175. The quantitative estimate of drug-likeness (QED) is 0.0832. The monoisotopic (exact) mass is 536 g/mol. The third-order valence-electron chi connectivity index (χ3n) is 5.02. The summed E-state index contributed by atoms with van der Waals surface area (Å²) in [4.78, 5) is 23.4. The first kappa shape index (κ1) is 25.6. The third kappa shape index (κ3) is 5.23. The number of para-hydroxylation sites is 2. The van der Waals surface area contributed by atoms with E-state index in [4.69, 9.17) is 25.6 Å². The number of nitro benzene ring substituents is 1. The van der Waals surface area contributed by atoms with Crippen LogP contribution < -0.4 is 9.47 Å². The summed E-state index contributed by atoms with van der Waals surface area (Å²) in [5, 5.41) is 15.1. The molecule has 0 N–H and O–H groups in total. The van der Waals surface area contributed by atoms with Gasteiger partial charge < -0.3 is 14.0 Å². The van der Waals surface area contributed by atoms with Crippen LogP contribution in [0.2, 0.25) is 5.02 Å². The SMILES string of the molecule is Cc1onc(-c2c(F)cccc2Cl)c1C(=O)Oc1ccccc1Oc1ccc(C(F)(F)F)cc1[N+](=O)[O-]. The van der Waals surface area contributed by atoms with Crippen molar-refractivity contribution in [1.82, 2.24) is 5.16 Å². The van der Waals surface area contributed by atoms with Crippen molar-refractivity contribution in [1.29, 1.82) is 0 Å². The number of alkyl halides is 3. The van der Waals surface area contributed by atoms with Crippen molar-refractivity contribution in [2.45, 2.75) is 13.1 Å². The van der Waals surface area contributed by atoms with E-state index in [-0.39, 0.29) is 39.1 Å². The van der Waals surface area contributed by atoms with Crippen molar-refractivity contribution in [3.63, 3.8) is 0 Å². The van der Waals surface area contributed by atoms with Crippen LogP contribution in [0.3, 0.4) is 0 Å². The summed E-state index contributed by atoms with van der Waals surface area (Å²) in [5.41, 5.74) is -2.86. The van der Waals surface area contributed by atoms with Crippen molar-refractivity contribution in [2.24, 2.45) is 0 Å². The maximum atomic E-state index is 14.5. The van der Waals surface area contributed by atoms with Gasteiger partial charge in [-0.3, -0.25) is 10.1 Å². The molecule has 0 radical (unpaired) electrons. The Morgan fingerprint density at radius 2 is 1.76 bits per heavy atom. The summed E-state index contributed by atoms with van der Waals surface area (Å²) in [7, 11) is 0. The van der Waals surface area contributed by atoms with E-state index in [0.29, 0.717) is 12.1 Å². The molecule has 4 rings (SSSR count). The summed E-state index contributed by atoms with van der Waals surface area (Å²) in [6.45, 7) is 1.38. The molecular formula is C24H13ClF4N2O6. The van der Waals surface area contributed by atoms with Gasteiger partial charge in [-0.05, 0) is 43.3 Å². The highest BCUT2D eigenvalue weighted by molar-refractivity contribution is 6.33. The number of hydrogen-bond donors (Lipinski definition) is 0. The molecule has 0 aliphatic heterocycles. The molecule has 0 spiro atoms. The molecule has 0 unspecified atom stereocenters. The fourth-order valence-electron chi connectivity index (χ4n) is 3.32. The lowest BCUT2D eigenvalue weighted by Crippen LogP contribution is -2.11. The molecule has 0 saturated carbocycles. The minimum atomic E-state index is -4.81. The zero-order valence-corrected chi connectivity index (χ0v) is 19.3. The average Bonchev–Trinajstić information content (AvgIpc) is 3.20. The third-order valence-corrected chi connectivity index (χ3v) is 5.34. The average molecular weight is 537 g/mol. The Labute approximate surface area is 210 Å². The van der Waals surface area contributed by atoms with Gasteiger partial charge in [-0.25, -0.2) is 9.18 Å². The molecule has 0 saturated heterocycles. The van der Waals surface area contributed by atoms with Crippen LogP contribution in [0.15, 0.2) is 65.2 Å². The highest BCUT2D eigenvalue weighted by Crippen LogP contribution is 2.40. The van der Waals surface area contributed by atoms with Gasteiger partial charge in [0.25, 0.3) is 0 Å². The smallest absolute Gasteiger partial charge is 0.416 e. The van der Waals surface area contributed by atoms with Gasteiger partial charge >= 0.3 is 17.8 Å². The van der Waals surface area contributed by atoms with Gasteiger partial charge in [0.2, 0.25) is 5.75 Å². The maximum absolute atomic E-state index is 14.5. The van der Waals surface area contributed by atoms with Gasteiger partial charge in [-0.15, -0.1) is 0 Å². The van der Waals surface area contributed by atoms with Crippen LogP contribution >= 0.6 is 11.6 Å². The lowest BCUT2D eigenvalue weighted by Gasteiger charge is -2.13. The molecule has 190 valence electrons. The van der Waals surface area contributed by atoms with Crippen molar-refractivity contribution in [2.75, 3.05) is 0 Å². The molecule has 1 heterocycles. The van der Waals surface area contributed by atoms with E-state index < -0.39 is 39.9 Å². The molecule has 0 fully saturated rings. The first-order chi connectivity index (χ1) is 17.5. The summed E-state index contributed by atoms with van der Waals surface area (Å²) in [6, 6.07) is 11.0. The highest BCUT2D eigenvalue weighted by atomic mass is 35.5. The number of aromatic nitrogens is 1. The Balaban J connectivity index is 1.69. The lowest BCUT2D eigenvalue weighted by atomic mass is 10.1. The second kappa shape index (κ2) is 9.90. The molecule has 0 amide bonds. The van der Waals surface area contributed by atoms with Crippen molar-refractivity contribution < 1.29 is 41.3 Å². The fraction of sp³-hybridized carbons (Fsp3) is 0.0833. The van der Waals surface area contributed by atoms with Gasteiger partial charge in [0.1, 0.15) is 22.8 Å². The zero-order valence-electron chi connectivity index (χ0n) is 18.5. The first-order valence-electron chi connectivity index (χ1n) is 10.2. The molecule has 0 aliphatic carbocycles. The molecule has 0 atom stereocenters. The molecule has 4 aromatic rings. The Bertz CT molecular complexity index is 1500. The fourth-order valence-corrected chi connectivity index (χ4v) is 3.57. The number of nitrogens with zero attached hydrogens (tertiary/aromatic N) is 2. The topological polar surface area (TPSA) is 105 Å². The number of rotatable bonds is 6. The van der Waals surface area contributed by atoms with E-state index in [0.717, 1.165) is 12.1 Å². The number of carbonyl (C=O) groups is 1. The minimum Gasteiger partial charge on any atom is -0.446 e. The molecule has 1 aromatic heterocycles. The first-order valence-corrected chi connectivity index (χ1v) is 10.6. The molecule has 0 bridgehead atoms. The number of ether oxygens (including phenoxy) is 2. The number of carbonyl (C=O) groups excluding carboxylic acids is 1. The molecule has 13 heteroatoms. The van der Waals surface area contributed by atoms with Crippen LogP contribution in [0.1, 0.15) is 21.7 Å². The van der Waals surface area contributed by atoms with Crippen LogP contribution in [-0.2, 0) is 6.18 Å². The van der Waals surface area contributed by atoms with Gasteiger partial charge in [0.15, 0.2) is 11.5 Å². The van der Waals surface area contributed by atoms with E-state index >= 15 is 0 Å². The predicted octanol–water partition coefficient (Wildman–Crippen LogP) is 7.38. The van der Waals surface area contributed by atoms with E-state index in [2.05, 4.69) is 5.16 Å². The highest BCUT2D eigenvalue weighted by Gasteiger charge is 2.34. The Kier molecular flexibility index (Phi) is 6.86. The number of halogens is 5. The second-order valence-corrected chi connectivity index (χ2v) is 7.84. The van der Waals surface area contributed by atoms with Crippen LogP contribution in [0, 0.1) is 22.9 Å². The number of benzene rings is 3. The second-order valence-electron chi connectivity index (χ2n) is 7.43. The van der Waals surface area contributed by atoms with Gasteiger partial charge in [0, 0.05) is 6.07 Å². The van der Waals surface area contributed by atoms with Gasteiger partial charge in [-0.1, -0.05) is 35.0 Å². The lowest BCUT2D eigenvalue weighted by molar-refractivity contribution is -0.385. The van der Waals surface area contributed by atoms with Crippen molar-refractivity contribution in [3.05, 3.63) is 98.5 Å². The number of esters is 1. The van der Waals surface area contributed by atoms with Crippen LogP contribution in [0.4, 0.5) is 23.2 Å². The molecule has 8 nitrogen and oxygen atoms in total. The summed E-state index contributed by atoms with van der Waals surface area (Å²) >= 11 is 6.09. The Morgan fingerprint density at radius 1 is 1.05 bits per heavy atom. The Hall–Kier alpha value is -4.45. The van der Waals surface area contributed by atoms with Gasteiger partial charge in [0.05, 0.1) is 21.1 Å². The van der Waals surface area contributed by atoms with E-state index in [9.17, 15) is 32.5 Å². The van der Waals surface area contributed by atoms with Crippen LogP contribution in [0.5, 0.6) is 17.2 Å². The van der Waals surface area contributed by atoms with E-state index in [1.807, 2.05) is 0 Å². The molecule has 0 aliphatic rings. The zero-order chi connectivity index (χ0) is 26.9. The Morgan fingerprint density at radius 3 is 2.41 bits per heavy atom. The van der Waals surface area contributed by atoms with Gasteiger partial charge in [-0.2, -0.15) is 13.2 Å². The predicted molar refractivity (Wildman–Crippen MR) is 121 cm³/mol. The van der Waals surface area contributed by atoms with E-state index in [1.165, 1.54) is 43.3 Å². The summed E-state index contributed by atoms with van der Waals surface area (Å²) < 4.78 is 69.4. The molecule has 37 heavy (non-hydrogen) atoms. The molecular weight excluding hydrogens is 524 g/mol. The number of aryl methyl sites for hydroxylation is 1. The largest absolute Gasteiger partial charge is 0.446 e. The van der Waals surface area contributed by atoms with Crippen LogP contribution in [0.25, 0.3) is 11.3 Å². The van der Waals surface area contributed by atoms with Crippen LogP contribution in [-0.4, -0.2) is 16.0 Å². The number of hydrogen-bond acceptors (Lipinski definition) is 7. The van der Waals surface area contributed by atoms with Crippen molar-refractivity contribution >= 4 is 23.3 Å². The normalized spacial score (nSPS) is 11.3. The summed E-state index contributed by atoms with van der Waals surface area (Å²) in [6.07, 6.45) is -4.81. The summed E-state index contributed by atoms with van der Waals surface area (Å²) in [5.74, 6) is -2.83. The molecule has 3 aromatic carbocycles. The van der Waals surface area contributed by atoms with Crippen molar-refractivity contribution in [3.8, 4) is 28.5 Å². The number of nitro groups is 1. The standard InChI is InChI=1S/C24H13ClF4N2O6/c1-12-20(22(30-37-12)21-14(25)5-4-6-15(21)26)23(32)36-19-8-3-2-7-18(19)35-17-10-9-13(24(27,28)29)11-16(17)31(33)34/h2-11H,1H3.